The van der Waals surface area contributed by atoms with Gasteiger partial charge in [0.15, 0.2) is 6.04 Å². The van der Waals surface area contributed by atoms with Crippen LogP contribution in [0.2, 0.25) is 0 Å². The largest absolute Gasteiger partial charge is 0.480 e. The highest BCUT2D eigenvalue weighted by Crippen LogP contribution is 2.17. The van der Waals surface area contributed by atoms with Crippen molar-refractivity contribution in [2.75, 3.05) is 13.2 Å². The van der Waals surface area contributed by atoms with E-state index in [1.54, 1.807) is 0 Å². The molecule has 1 fully saturated rings. The molecule has 3 atom stereocenters. The van der Waals surface area contributed by atoms with Crippen molar-refractivity contribution in [3.8, 4) is 0 Å². The number of aliphatic hydroxyl groups excluding tert-OH is 1. The summed E-state index contributed by atoms with van der Waals surface area (Å²) < 4.78 is 5.15. The summed E-state index contributed by atoms with van der Waals surface area (Å²) in [6.07, 6.45) is -0.488. The van der Waals surface area contributed by atoms with Crippen LogP contribution in [0.1, 0.15) is 20.3 Å². The van der Waals surface area contributed by atoms with E-state index < -0.39 is 29.7 Å². The lowest BCUT2D eigenvalue weighted by Gasteiger charge is -2.25. The van der Waals surface area contributed by atoms with Crippen LogP contribution in [0.5, 0.6) is 0 Å². The van der Waals surface area contributed by atoms with Crippen molar-refractivity contribution in [1.82, 2.24) is 10.6 Å². The molecular weight excluding hydrogens is 228 g/mol. The van der Waals surface area contributed by atoms with Gasteiger partial charge in [0.05, 0.1) is 18.2 Å². The van der Waals surface area contributed by atoms with E-state index in [2.05, 4.69) is 10.6 Å². The highest BCUT2D eigenvalue weighted by Gasteiger charge is 2.33. The number of carbonyl (C=O) groups is 2. The monoisotopic (exact) mass is 246 g/mol. The number of carboxylic acids is 1. The fraction of sp³-hybridized carbons (Fsp3) is 0.800. The molecule has 0 aliphatic carbocycles. The second-order valence-electron chi connectivity index (χ2n) is 4.52. The van der Waals surface area contributed by atoms with Gasteiger partial charge >= 0.3 is 12.0 Å². The first-order valence-electron chi connectivity index (χ1n) is 5.41. The number of hydrogen-bond donors (Lipinski definition) is 4. The summed E-state index contributed by atoms with van der Waals surface area (Å²) in [6.45, 7) is 4.08. The minimum absolute atomic E-state index is 0.396. The molecule has 0 radical (unpaired) electrons. The predicted molar refractivity (Wildman–Crippen MR) is 58.6 cm³/mol. The number of rotatable bonds is 4. The Balaban J connectivity index is 2.50. The van der Waals surface area contributed by atoms with E-state index in [0.717, 1.165) is 0 Å². The van der Waals surface area contributed by atoms with Crippen LogP contribution in [0.3, 0.4) is 0 Å². The van der Waals surface area contributed by atoms with Gasteiger partial charge < -0.3 is 25.6 Å². The lowest BCUT2D eigenvalue weighted by molar-refractivity contribution is -0.141. The zero-order valence-electron chi connectivity index (χ0n) is 9.90. The van der Waals surface area contributed by atoms with Crippen LogP contribution in [0.25, 0.3) is 0 Å². The third-order valence-electron chi connectivity index (χ3n) is 2.67. The van der Waals surface area contributed by atoms with Gasteiger partial charge in [-0.3, -0.25) is 0 Å². The molecule has 0 spiro atoms. The Labute approximate surface area is 99.1 Å². The van der Waals surface area contributed by atoms with E-state index in [-0.39, 0.29) is 0 Å². The molecule has 1 saturated heterocycles. The van der Waals surface area contributed by atoms with Gasteiger partial charge in [-0.15, -0.1) is 0 Å². The molecule has 1 aliphatic rings. The number of carboxylic acid groups (broad SMARTS) is 1. The summed E-state index contributed by atoms with van der Waals surface area (Å²) in [4.78, 5) is 22.3. The van der Waals surface area contributed by atoms with Gasteiger partial charge in [0.1, 0.15) is 0 Å². The molecule has 0 bridgehead atoms. The molecule has 2 amide bonds. The molecule has 1 unspecified atom stereocenters. The molecule has 1 heterocycles. The van der Waals surface area contributed by atoms with Crippen LogP contribution in [-0.4, -0.2) is 53.1 Å². The fourth-order valence-corrected chi connectivity index (χ4v) is 1.61. The van der Waals surface area contributed by atoms with E-state index in [1.165, 1.54) is 6.92 Å². The Morgan fingerprint density at radius 2 is 2.12 bits per heavy atom. The quantitative estimate of drug-likeness (QED) is 0.524. The van der Waals surface area contributed by atoms with E-state index in [9.17, 15) is 14.7 Å². The van der Waals surface area contributed by atoms with Crippen LogP contribution >= 0.6 is 0 Å². The van der Waals surface area contributed by atoms with Gasteiger partial charge in [0.25, 0.3) is 0 Å². The Bertz CT molecular complexity index is 299. The van der Waals surface area contributed by atoms with Crippen LogP contribution in [-0.2, 0) is 9.53 Å². The maximum Gasteiger partial charge on any atom is 0.328 e. The van der Waals surface area contributed by atoms with E-state index in [0.29, 0.717) is 19.6 Å². The third kappa shape index (κ3) is 3.86. The molecular formula is C10H18N2O5. The average molecular weight is 246 g/mol. The zero-order valence-corrected chi connectivity index (χ0v) is 9.90. The van der Waals surface area contributed by atoms with Crippen LogP contribution in [0, 0.1) is 0 Å². The molecule has 17 heavy (non-hydrogen) atoms. The molecule has 7 nitrogen and oxygen atoms in total. The molecule has 0 aromatic rings. The predicted octanol–water partition coefficient (Wildman–Crippen LogP) is -0.701. The van der Waals surface area contributed by atoms with Crippen molar-refractivity contribution in [3.63, 3.8) is 0 Å². The molecule has 1 aliphatic heterocycles. The van der Waals surface area contributed by atoms with Crippen molar-refractivity contribution >= 4 is 12.0 Å². The summed E-state index contributed by atoms with van der Waals surface area (Å²) in [5, 5.41) is 22.9. The van der Waals surface area contributed by atoms with Crippen LogP contribution in [0.4, 0.5) is 4.79 Å². The lowest BCUT2D eigenvalue weighted by Crippen LogP contribution is -2.56. The van der Waals surface area contributed by atoms with Crippen molar-refractivity contribution in [3.05, 3.63) is 0 Å². The molecule has 0 aromatic heterocycles. The first-order chi connectivity index (χ1) is 7.84. The molecule has 98 valence electrons. The van der Waals surface area contributed by atoms with Gasteiger partial charge in [-0.25, -0.2) is 9.59 Å². The first kappa shape index (κ1) is 13.7. The summed E-state index contributed by atoms with van der Waals surface area (Å²) in [5.41, 5.74) is -0.480. The summed E-state index contributed by atoms with van der Waals surface area (Å²) in [7, 11) is 0. The lowest BCUT2D eigenvalue weighted by atomic mass is 10.0. The number of ether oxygens (including phenoxy) is 1. The topological polar surface area (TPSA) is 108 Å². The molecule has 4 N–H and O–H groups in total. The van der Waals surface area contributed by atoms with Gasteiger partial charge in [-0.1, -0.05) is 0 Å². The molecule has 0 aromatic carbocycles. The maximum absolute atomic E-state index is 11.6. The van der Waals surface area contributed by atoms with Gasteiger partial charge in [-0.05, 0) is 20.3 Å². The van der Waals surface area contributed by atoms with Crippen LogP contribution < -0.4 is 10.6 Å². The standard InChI is InChI=1S/C10H18N2O5/c1-6(13)7(8(14)15)11-9(16)12-10(2)3-4-17-5-10/h6-7,13H,3-5H2,1-2H3,(H,14,15)(H2,11,12,16)/t6-,7+,10?/m1/s1. The highest BCUT2D eigenvalue weighted by molar-refractivity contribution is 5.83. The Hall–Kier alpha value is -1.34. The second-order valence-corrected chi connectivity index (χ2v) is 4.52. The summed E-state index contributed by atoms with van der Waals surface area (Å²) in [5.74, 6) is -1.28. The second kappa shape index (κ2) is 5.33. The number of carbonyl (C=O) groups excluding carboxylic acids is 1. The van der Waals surface area contributed by atoms with Crippen molar-refractivity contribution in [2.24, 2.45) is 0 Å². The maximum atomic E-state index is 11.6. The SMILES string of the molecule is C[C@@H](O)[C@H](NC(=O)NC1(C)CCOC1)C(=O)O. The average Bonchev–Trinajstić information content (AvgIpc) is 2.60. The van der Waals surface area contributed by atoms with Crippen molar-refractivity contribution < 1.29 is 24.5 Å². The van der Waals surface area contributed by atoms with Crippen LogP contribution in [0.15, 0.2) is 0 Å². The summed E-state index contributed by atoms with van der Waals surface area (Å²) >= 11 is 0. The Morgan fingerprint density at radius 1 is 1.47 bits per heavy atom. The smallest absolute Gasteiger partial charge is 0.328 e. The summed E-state index contributed by atoms with van der Waals surface area (Å²) in [6, 6.07) is -1.94. The molecule has 7 heteroatoms. The van der Waals surface area contributed by atoms with Gasteiger partial charge in [-0.2, -0.15) is 0 Å². The number of aliphatic hydroxyl groups is 1. The molecule has 1 rings (SSSR count). The zero-order chi connectivity index (χ0) is 13.1. The molecule has 0 saturated carbocycles. The van der Waals surface area contributed by atoms with E-state index in [4.69, 9.17) is 9.84 Å². The number of amides is 2. The normalized spacial score (nSPS) is 27.2. The number of urea groups is 1. The Kier molecular flexibility index (Phi) is 4.30. The van der Waals surface area contributed by atoms with Crippen molar-refractivity contribution in [1.29, 1.82) is 0 Å². The number of hydrogen-bond acceptors (Lipinski definition) is 4. The Morgan fingerprint density at radius 3 is 2.53 bits per heavy atom. The van der Waals surface area contributed by atoms with Crippen molar-refractivity contribution in [2.45, 2.75) is 38.0 Å². The van der Waals surface area contributed by atoms with E-state index in [1.807, 2.05) is 6.92 Å². The van der Waals surface area contributed by atoms with Gasteiger partial charge in [0, 0.05) is 6.61 Å². The number of nitrogens with one attached hydrogen (secondary N) is 2. The fourth-order valence-electron chi connectivity index (χ4n) is 1.61. The third-order valence-corrected chi connectivity index (χ3v) is 2.67. The number of aliphatic carboxylic acids is 1. The minimum Gasteiger partial charge on any atom is -0.480 e. The highest BCUT2D eigenvalue weighted by atomic mass is 16.5. The van der Waals surface area contributed by atoms with Gasteiger partial charge in [0.2, 0.25) is 0 Å². The minimum atomic E-state index is -1.32. The first-order valence-corrected chi connectivity index (χ1v) is 5.41. The van der Waals surface area contributed by atoms with E-state index >= 15 is 0 Å².